The number of halogens is 3. The maximum absolute atomic E-state index is 14.5. The van der Waals surface area contributed by atoms with Crippen molar-refractivity contribution < 1.29 is 18.0 Å². The fraction of sp³-hybridized carbons (Fsp3) is 0.235. The number of benzene rings is 4. The summed E-state index contributed by atoms with van der Waals surface area (Å²) in [4.78, 5) is 29.7. The van der Waals surface area contributed by atoms with E-state index in [2.05, 4.69) is 21.2 Å². The van der Waals surface area contributed by atoms with Gasteiger partial charge in [-0.05, 0) is 68.8 Å². The number of anilines is 1. The summed E-state index contributed by atoms with van der Waals surface area (Å²) in [7, 11) is -4.22. The molecule has 0 saturated heterocycles. The molecule has 0 radical (unpaired) electrons. The molecule has 0 spiro atoms. The van der Waals surface area contributed by atoms with Gasteiger partial charge in [0.05, 0.1) is 10.6 Å². The third kappa shape index (κ3) is 8.88. The fourth-order valence-electron chi connectivity index (χ4n) is 4.79. The summed E-state index contributed by atoms with van der Waals surface area (Å²) in [6.07, 6.45) is 0.175. The smallest absolute Gasteiger partial charge is 0.264 e. The van der Waals surface area contributed by atoms with Crippen LogP contribution in [0.25, 0.3) is 0 Å². The predicted molar refractivity (Wildman–Crippen MR) is 184 cm³/mol. The second-order valence-corrected chi connectivity index (χ2v) is 14.5. The minimum Gasteiger partial charge on any atom is -0.352 e. The summed E-state index contributed by atoms with van der Waals surface area (Å²) in [6.45, 7) is 4.81. The van der Waals surface area contributed by atoms with Crippen LogP contribution in [0.5, 0.6) is 0 Å². The Morgan fingerprint density at radius 2 is 1.49 bits per heavy atom. The number of hydrogen-bond donors (Lipinski definition) is 1. The number of hydrogen-bond acceptors (Lipinski definition) is 4. The van der Waals surface area contributed by atoms with Gasteiger partial charge in [0.2, 0.25) is 11.8 Å². The van der Waals surface area contributed by atoms with E-state index in [1.54, 1.807) is 54.6 Å². The first kappa shape index (κ1) is 34.5. The molecule has 1 N–H and O–H groups in total. The van der Waals surface area contributed by atoms with Crippen LogP contribution in [-0.2, 0) is 32.6 Å². The van der Waals surface area contributed by atoms with Gasteiger partial charge >= 0.3 is 0 Å². The monoisotopic (exact) mass is 729 g/mol. The molecule has 45 heavy (non-hydrogen) atoms. The largest absolute Gasteiger partial charge is 0.352 e. The molecule has 0 aliphatic carbocycles. The van der Waals surface area contributed by atoms with Gasteiger partial charge in [0.25, 0.3) is 10.0 Å². The van der Waals surface area contributed by atoms with Gasteiger partial charge in [-0.25, -0.2) is 8.42 Å². The molecule has 0 fully saturated rings. The van der Waals surface area contributed by atoms with E-state index in [0.717, 1.165) is 15.4 Å². The number of nitrogens with zero attached hydrogens (tertiary/aromatic N) is 2. The average Bonchev–Trinajstić information content (AvgIpc) is 2.99. The number of sulfonamides is 1. The second-order valence-electron chi connectivity index (χ2n) is 10.9. The molecule has 0 aliphatic heterocycles. The van der Waals surface area contributed by atoms with Crippen molar-refractivity contribution in [2.24, 2.45) is 0 Å². The molecule has 4 rings (SSSR count). The van der Waals surface area contributed by atoms with Crippen LogP contribution in [0.3, 0.4) is 0 Å². The van der Waals surface area contributed by atoms with E-state index < -0.39 is 28.5 Å². The number of carbonyl (C=O) groups is 2. The van der Waals surface area contributed by atoms with Crippen LogP contribution in [0, 0.1) is 6.92 Å². The highest BCUT2D eigenvalue weighted by Crippen LogP contribution is 2.30. The first-order chi connectivity index (χ1) is 21.4. The minimum atomic E-state index is -4.22. The standard InChI is InChI=1S/C34H34BrCl2N3O4S/c1-23(2)38-34(42)32(19-25-9-5-4-6-10-25)39(21-29-30(36)13-8-14-31(29)37)33(41)22-40(27-12-7-11-26(35)20-27)45(43,44)28-17-15-24(3)16-18-28/h4-18,20,23,32H,19,21-22H2,1-3H3,(H,38,42). The molecule has 1 atom stereocenters. The fourth-order valence-corrected chi connectivity index (χ4v) is 7.10. The SMILES string of the molecule is Cc1ccc(S(=O)(=O)N(CC(=O)N(Cc2c(Cl)cccc2Cl)C(Cc2ccccc2)C(=O)NC(C)C)c2cccc(Br)c2)cc1. The lowest BCUT2D eigenvalue weighted by Gasteiger charge is -2.34. The lowest BCUT2D eigenvalue weighted by atomic mass is 10.0. The van der Waals surface area contributed by atoms with Gasteiger partial charge in [-0.2, -0.15) is 0 Å². The second kappa shape index (κ2) is 15.3. The molecule has 0 bridgehead atoms. The van der Waals surface area contributed by atoms with Crippen LogP contribution >= 0.6 is 39.1 Å². The van der Waals surface area contributed by atoms with Gasteiger partial charge in [-0.1, -0.05) is 99.3 Å². The van der Waals surface area contributed by atoms with Crippen LogP contribution in [0.1, 0.15) is 30.5 Å². The van der Waals surface area contributed by atoms with Crippen molar-refractivity contribution in [1.29, 1.82) is 0 Å². The van der Waals surface area contributed by atoms with Crippen molar-refractivity contribution in [3.8, 4) is 0 Å². The molecular weight excluding hydrogens is 697 g/mol. The van der Waals surface area contributed by atoms with E-state index in [9.17, 15) is 18.0 Å². The Morgan fingerprint density at radius 3 is 2.09 bits per heavy atom. The zero-order chi connectivity index (χ0) is 32.7. The Labute approximate surface area is 283 Å². The number of carbonyl (C=O) groups excluding carboxylic acids is 2. The highest BCUT2D eigenvalue weighted by Gasteiger charge is 2.35. The average molecular weight is 732 g/mol. The van der Waals surface area contributed by atoms with Gasteiger partial charge in [-0.3, -0.25) is 13.9 Å². The summed E-state index contributed by atoms with van der Waals surface area (Å²) in [6, 6.07) is 26.2. The first-order valence-corrected chi connectivity index (χ1v) is 17.3. The lowest BCUT2D eigenvalue weighted by molar-refractivity contribution is -0.140. The highest BCUT2D eigenvalue weighted by atomic mass is 79.9. The molecular formula is C34H34BrCl2N3O4S. The van der Waals surface area contributed by atoms with Gasteiger partial charge in [0.15, 0.2) is 0 Å². The topological polar surface area (TPSA) is 86.8 Å². The Balaban J connectivity index is 1.84. The van der Waals surface area contributed by atoms with E-state index in [-0.39, 0.29) is 35.5 Å². The number of aryl methyl sites for hydroxylation is 1. The molecule has 4 aromatic rings. The molecule has 0 aromatic heterocycles. The van der Waals surface area contributed by atoms with Crippen LogP contribution in [0.15, 0.2) is 106 Å². The zero-order valence-corrected chi connectivity index (χ0v) is 29.0. The van der Waals surface area contributed by atoms with Gasteiger partial charge in [0.1, 0.15) is 12.6 Å². The van der Waals surface area contributed by atoms with E-state index in [4.69, 9.17) is 23.2 Å². The molecule has 4 aromatic carbocycles. The third-order valence-electron chi connectivity index (χ3n) is 7.08. The molecule has 236 valence electrons. The Kier molecular flexibility index (Phi) is 11.7. The van der Waals surface area contributed by atoms with Gasteiger partial charge in [-0.15, -0.1) is 0 Å². The van der Waals surface area contributed by atoms with Crippen molar-refractivity contribution in [2.45, 2.75) is 50.7 Å². The highest BCUT2D eigenvalue weighted by molar-refractivity contribution is 9.10. The Bertz CT molecular complexity index is 1730. The van der Waals surface area contributed by atoms with Gasteiger partial charge in [0, 0.05) is 39.1 Å². The van der Waals surface area contributed by atoms with E-state index >= 15 is 0 Å². The quantitative estimate of drug-likeness (QED) is 0.164. The lowest BCUT2D eigenvalue weighted by Crippen LogP contribution is -2.54. The van der Waals surface area contributed by atoms with Crippen molar-refractivity contribution in [3.05, 3.63) is 128 Å². The van der Waals surface area contributed by atoms with E-state index in [1.807, 2.05) is 51.1 Å². The molecule has 0 saturated carbocycles. The Hall–Kier alpha value is -3.37. The number of amides is 2. The van der Waals surface area contributed by atoms with Crippen molar-refractivity contribution >= 4 is 66.7 Å². The summed E-state index contributed by atoms with van der Waals surface area (Å²) in [5, 5.41) is 3.57. The van der Waals surface area contributed by atoms with E-state index in [0.29, 0.717) is 20.1 Å². The molecule has 2 amide bonds. The molecule has 1 unspecified atom stereocenters. The molecule has 7 nitrogen and oxygen atoms in total. The van der Waals surface area contributed by atoms with Crippen molar-refractivity contribution in [3.63, 3.8) is 0 Å². The molecule has 0 heterocycles. The minimum absolute atomic E-state index is 0.0277. The van der Waals surface area contributed by atoms with Crippen molar-refractivity contribution in [2.75, 3.05) is 10.8 Å². The summed E-state index contributed by atoms with van der Waals surface area (Å²) < 4.78 is 30.0. The number of nitrogens with one attached hydrogen (secondary N) is 1. The molecule has 0 aliphatic rings. The zero-order valence-electron chi connectivity index (χ0n) is 25.1. The summed E-state index contributed by atoms with van der Waals surface area (Å²) >= 11 is 16.5. The van der Waals surface area contributed by atoms with Crippen LogP contribution in [-0.4, -0.2) is 43.8 Å². The van der Waals surface area contributed by atoms with Crippen molar-refractivity contribution in [1.82, 2.24) is 10.2 Å². The first-order valence-electron chi connectivity index (χ1n) is 14.3. The van der Waals surface area contributed by atoms with E-state index in [1.165, 1.54) is 17.0 Å². The van der Waals surface area contributed by atoms with Crippen LogP contribution < -0.4 is 9.62 Å². The maximum Gasteiger partial charge on any atom is 0.264 e. The predicted octanol–water partition coefficient (Wildman–Crippen LogP) is 7.42. The van der Waals surface area contributed by atoms with Crippen LogP contribution in [0.2, 0.25) is 10.0 Å². The van der Waals surface area contributed by atoms with Gasteiger partial charge < -0.3 is 10.2 Å². The normalized spacial score (nSPS) is 12.1. The summed E-state index contributed by atoms with van der Waals surface area (Å²) in [5.41, 5.74) is 2.43. The maximum atomic E-state index is 14.5. The Morgan fingerprint density at radius 1 is 0.867 bits per heavy atom. The van der Waals surface area contributed by atoms with Crippen LogP contribution in [0.4, 0.5) is 5.69 Å². The number of rotatable bonds is 12. The molecule has 11 heteroatoms. The third-order valence-corrected chi connectivity index (χ3v) is 10.1. The summed E-state index contributed by atoms with van der Waals surface area (Å²) in [5.74, 6) is -0.998.